The number of thioether (sulfide) groups is 2. The van der Waals surface area contributed by atoms with Crippen LogP contribution in [0.4, 0.5) is 5.13 Å². The van der Waals surface area contributed by atoms with Crippen molar-refractivity contribution < 1.29 is 33.9 Å². The summed E-state index contributed by atoms with van der Waals surface area (Å²) in [5.74, 6) is -3.12. The van der Waals surface area contributed by atoms with Gasteiger partial charge in [0.1, 0.15) is 22.8 Å². The second-order valence-corrected chi connectivity index (χ2v) is 11.3. The van der Waals surface area contributed by atoms with Crippen molar-refractivity contribution in [1.29, 1.82) is 0 Å². The summed E-state index contributed by atoms with van der Waals surface area (Å²) in [6.07, 6.45) is 3.34. The van der Waals surface area contributed by atoms with E-state index in [-0.39, 0.29) is 27.5 Å². The zero-order valence-electron chi connectivity index (χ0n) is 19.4. The molecule has 37 heavy (non-hydrogen) atoms. The number of carboxylic acid groups (broad SMARTS) is 1. The number of rotatable bonds is 9. The van der Waals surface area contributed by atoms with E-state index in [4.69, 9.17) is 5.73 Å². The lowest BCUT2D eigenvalue weighted by molar-refractivity contribution is -0.150. The van der Waals surface area contributed by atoms with Gasteiger partial charge in [0, 0.05) is 36.4 Å². The van der Waals surface area contributed by atoms with Gasteiger partial charge in [0.05, 0.1) is 0 Å². The Morgan fingerprint density at radius 2 is 2.19 bits per heavy atom. The third-order valence-electron chi connectivity index (χ3n) is 5.60. The predicted molar refractivity (Wildman–Crippen MR) is 137 cm³/mol. The van der Waals surface area contributed by atoms with Gasteiger partial charge in [-0.15, -0.1) is 34.9 Å². The molecule has 2 fully saturated rings. The number of nitrogens with zero attached hydrogens (tertiary/aromatic N) is 4. The number of allylic oxidation sites excluding steroid dienone is 1. The van der Waals surface area contributed by atoms with Gasteiger partial charge >= 0.3 is 11.9 Å². The number of nitrogen functional groups attached to an aromatic ring is 1. The molecule has 3 atom stereocenters. The number of carbonyl (C=O) groups excluding carboxylic acids is 4. The van der Waals surface area contributed by atoms with E-state index in [9.17, 15) is 29.1 Å². The molecule has 0 radical (unpaired) electrons. The second-order valence-electron chi connectivity index (χ2n) is 8.08. The van der Waals surface area contributed by atoms with E-state index in [2.05, 4.69) is 20.3 Å². The van der Waals surface area contributed by atoms with Gasteiger partial charge in [0.2, 0.25) is 6.41 Å². The third-order valence-corrected chi connectivity index (χ3v) is 8.64. The number of carbonyl (C=O) groups is 5. The number of anilines is 1. The maximum Gasteiger partial charge on any atom is 0.352 e. The summed E-state index contributed by atoms with van der Waals surface area (Å²) in [6.45, 7) is 2.43. The maximum absolute atomic E-state index is 12.9. The van der Waals surface area contributed by atoms with Crippen LogP contribution < -0.4 is 11.1 Å². The maximum atomic E-state index is 12.9. The van der Waals surface area contributed by atoms with E-state index in [1.54, 1.807) is 16.4 Å². The molecule has 0 bridgehead atoms. The van der Waals surface area contributed by atoms with Crippen LogP contribution in [-0.4, -0.2) is 91.3 Å². The van der Waals surface area contributed by atoms with Crippen LogP contribution in [0.1, 0.15) is 19.0 Å². The van der Waals surface area contributed by atoms with Crippen molar-refractivity contribution in [2.24, 2.45) is 5.16 Å². The van der Waals surface area contributed by atoms with Gasteiger partial charge in [-0.1, -0.05) is 5.16 Å². The molecule has 0 saturated carbocycles. The van der Waals surface area contributed by atoms with Crippen molar-refractivity contribution in [3.63, 3.8) is 0 Å². The van der Waals surface area contributed by atoms with Crippen molar-refractivity contribution in [2.75, 3.05) is 24.6 Å². The number of likely N-dealkylation sites (tertiary alicyclic amines) is 1. The smallest absolute Gasteiger partial charge is 0.352 e. The molecule has 4 heterocycles. The number of hydrogen-bond donors (Lipinski definition) is 3. The average molecular weight is 567 g/mol. The van der Waals surface area contributed by atoms with Crippen molar-refractivity contribution in [3.05, 3.63) is 33.8 Å². The van der Waals surface area contributed by atoms with E-state index in [1.807, 2.05) is 0 Å². The number of β-lactam (4-membered cyclic amide) rings is 1. The minimum atomic E-state index is -1.25. The Bertz CT molecular complexity index is 1230. The van der Waals surface area contributed by atoms with Gasteiger partial charge in [-0.05, 0) is 23.5 Å². The fourth-order valence-electron chi connectivity index (χ4n) is 3.88. The third kappa shape index (κ3) is 5.80. The molecule has 4 N–H and O–H groups in total. The number of aliphatic carboxylic acids is 1. The van der Waals surface area contributed by atoms with Crippen molar-refractivity contribution in [1.82, 2.24) is 20.1 Å². The number of thiazole rings is 1. The van der Waals surface area contributed by atoms with Crippen LogP contribution in [0.15, 0.2) is 33.3 Å². The zero-order chi connectivity index (χ0) is 26.7. The summed E-state index contributed by atoms with van der Waals surface area (Å²) in [7, 11) is 0. The number of nitrogens with one attached hydrogen (secondary N) is 1. The number of oxime groups is 1. The summed E-state index contributed by atoms with van der Waals surface area (Å²) in [5, 5.41) is 18.9. The second kappa shape index (κ2) is 11.4. The van der Waals surface area contributed by atoms with Gasteiger partial charge in [-0.25, -0.2) is 14.6 Å². The molecular weight excluding hydrogens is 544 g/mol. The topological polar surface area (TPSA) is 185 Å². The predicted octanol–water partition coefficient (Wildman–Crippen LogP) is 0.209. The summed E-state index contributed by atoms with van der Waals surface area (Å²) in [5.41, 5.74) is 5.68. The van der Waals surface area contributed by atoms with Crippen LogP contribution in [-0.2, 0) is 28.8 Å². The molecule has 16 heteroatoms. The lowest BCUT2D eigenvalue weighted by Crippen LogP contribution is -2.71. The minimum Gasteiger partial charge on any atom is -0.477 e. The number of carboxylic acids is 1. The summed E-state index contributed by atoms with van der Waals surface area (Å²) >= 11 is 3.87. The minimum absolute atomic E-state index is 0.0655. The normalized spacial score (nSPS) is 23.6. The van der Waals surface area contributed by atoms with Crippen LogP contribution >= 0.6 is 34.9 Å². The first kappa shape index (κ1) is 26.7. The first-order chi connectivity index (χ1) is 17.7. The van der Waals surface area contributed by atoms with Gasteiger partial charge in [0.25, 0.3) is 11.8 Å². The lowest BCUT2D eigenvalue weighted by atomic mass is 10.0. The highest BCUT2D eigenvalue weighted by Gasteiger charge is 2.54. The fraction of sp³-hybridized carbons (Fsp3) is 0.381. The number of aromatic nitrogens is 1. The van der Waals surface area contributed by atoms with Crippen LogP contribution in [0.5, 0.6) is 0 Å². The Morgan fingerprint density at radius 3 is 2.81 bits per heavy atom. The van der Waals surface area contributed by atoms with E-state index < -0.39 is 35.2 Å². The van der Waals surface area contributed by atoms with Crippen molar-refractivity contribution in [3.8, 4) is 0 Å². The molecule has 0 unspecified atom stereocenters. The highest BCUT2D eigenvalue weighted by atomic mass is 32.2. The van der Waals surface area contributed by atoms with Crippen molar-refractivity contribution >= 4 is 75.9 Å². The SMILES string of the molecule is CC(=O)ON=C(C(=O)N[C@@H]1C(=O)N2C(C(=O)O)=C(/C=C/S[C@H]3CCN(C=O)C3)CS[C@H]12)c1csc(N)n1. The van der Waals surface area contributed by atoms with E-state index in [0.29, 0.717) is 24.4 Å². The molecule has 3 aliphatic heterocycles. The highest BCUT2D eigenvalue weighted by molar-refractivity contribution is 8.02. The molecule has 3 aliphatic rings. The summed E-state index contributed by atoms with van der Waals surface area (Å²) in [4.78, 5) is 71.4. The first-order valence-corrected chi connectivity index (χ1v) is 13.8. The molecule has 1 aromatic heterocycles. The Balaban J connectivity index is 1.46. The lowest BCUT2D eigenvalue weighted by Gasteiger charge is -2.49. The molecule has 0 aromatic carbocycles. The van der Waals surface area contributed by atoms with Crippen LogP contribution in [0, 0.1) is 0 Å². The molecule has 2 saturated heterocycles. The summed E-state index contributed by atoms with van der Waals surface area (Å²) in [6, 6.07) is -1.02. The van der Waals surface area contributed by atoms with Gasteiger partial charge < -0.3 is 25.9 Å². The van der Waals surface area contributed by atoms with Crippen LogP contribution in [0.2, 0.25) is 0 Å². The Morgan fingerprint density at radius 1 is 1.41 bits per heavy atom. The van der Waals surface area contributed by atoms with E-state index in [1.165, 1.54) is 28.9 Å². The number of fused-ring (bicyclic) bond motifs is 1. The average Bonchev–Trinajstić information content (AvgIpc) is 3.50. The monoisotopic (exact) mass is 566 g/mol. The zero-order valence-corrected chi connectivity index (χ0v) is 21.8. The Hall–Kier alpha value is -3.37. The highest BCUT2D eigenvalue weighted by Crippen LogP contribution is 2.41. The van der Waals surface area contributed by atoms with Gasteiger partial charge in [-0.2, -0.15) is 0 Å². The van der Waals surface area contributed by atoms with Crippen LogP contribution in [0.25, 0.3) is 0 Å². The molecule has 196 valence electrons. The molecule has 0 spiro atoms. The quantitative estimate of drug-likeness (QED) is 0.122. The van der Waals surface area contributed by atoms with Gasteiger partial charge in [-0.3, -0.25) is 19.3 Å². The molecule has 0 aliphatic carbocycles. The molecule has 4 rings (SSSR count). The number of amides is 3. The Labute approximate surface area is 223 Å². The van der Waals surface area contributed by atoms with Gasteiger partial charge in [0.15, 0.2) is 10.8 Å². The first-order valence-electron chi connectivity index (χ1n) is 10.9. The Kier molecular flexibility index (Phi) is 8.19. The molecular formula is C21H22N6O7S3. The molecule has 3 amide bonds. The summed E-state index contributed by atoms with van der Waals surface area (Å²) < 4.78 is 0. The largest absolute Gasteiger partial charge is 0.477 e. The van der Waals surface area contributed by atoms with Crippen molar-refractivity contribution in [2.45, 2.75) is 30.0 Å². The standard InChI is InChI=1S/C21H22N6O7S3/c1-10(29)34-25-14(13-8-37-21(22)23-13)17(30)24-15-18(31)27-16(20(32)33)11(7-36-19(15)27)3-5-35-12-2-4-26(6-12)9-28/h3,5,8-9,12,15,19H,2,4,6-7H2,1H3,(H2,22,23)(H,24,30)(H,32,33)/b5-3+,25-14?/t12-,15+,19+/m0/s1. The molecule has 1 aromatic rings. The number of nitrogens with two attached hydrogens (primary N) is 1. The van der Waals surface area contributed by atoms with E-state index >= 15 is 0 Å². The fourth-order valence-corrected chi connectivity index (χ4v) is 6.74. The van der Waals surface area contributed by atoms with Crippen LogP contribution in [0.3, 0.4) is 0 Å². The molecule has 13 nitrogen and oxygen atoms in total. The van der Waals surface area contributed by atoms with E-state index in [0.717, 1.165) is 36.0 Å². The number of hydrogen-bond acceptors (Lipinski definition) is 12.